The Bertz CT molecular complexity index is 365. The number of nitrogens with one attached hydrogen (secondary N) is 1. The number of pyridine rings is 1. The van der Waals surface area contributed by atoms with Crippen molar-refractivity contribution in [1.29, 1.82) is 0 Å². The lowest BCUT2D eigenvalue weighted by Crippen LogP contribution is -2.29. The molecule has 1 aromatic heterocycles. The van der Waals surface area contributed by atoms with E-state index in [-0.39, 0.29) is 0 Å². The molecule has 0 spiro atoms. The third-order valence-electron chi connectivity index (χ3n) is 3.46. The Hall–Kier alpha value is -0.890. The Morgan fingerprint density at radius 2 is 2.24 bits per heavy atom. The van der Waals surface area contributed by atoms with Crippen LogP contribution in [0.3, 0.4) is 0 Å². The van der Waals surface area contributed by atoms with Crippen LogP contribution in [-0.2, 0) is 6.42 Å². The Balaban J connectivity index is 1.95. The zero-order chi connectivity index (χ0) is 12.3. The van der Waals surface area contributed by atoms with Crippen LogP contribution in [0.4, 0.5) is 0 Å². The maximum Gasteiger partial charge on any atom is 0.0605 e. The van der Waals surface area contributed by atoms with Gasteiger partial charge in [-0.1, -0.05) is 26.8 Å². The van der Waals surface area contributed by atoms with Crippen LogP contribution in [0.2, 0.25) is 0 Å². The summed E-state index contributed by atoms with van der Waals surface area (Å²) in [7, 11) is 0. The first-order valence-electron chi connectivity index (χ1n) is 6.73. The molecule has 2 rings (SSSR count). The zero-order valence-corrected chi connectivity index (χ0v) is 11.3. The van der Waals surface area contributed by atoms with Crippen molar-refractivity contribution in [2.24, 2.45) is 5.41 Å². The van der Waals surface area contributed by atoms with Gasteiger partial charge in [-0.15, -0.1) is 0 Å². The van der Waals surface area contributed by atoms with Gasteiger partial charge in [0.15, 0.2) is 0 Å². The number of hydrogen-bond acceptors (Lipinski definition) is 2. The summed E-state index contributed by atoms with van der Waals surface area (Å²) in [5.41, 5.74) is 3.13. The summed E-state index contributed by atoms with van der Waals surface area (Å²) in [6, 6.07) is 4.75. The van der Waals surface area contributed by atoms with Gasteiger partial charge in [0.25, 0.3) is 0 Å². The molecule has 0 aliphatic heterocycles. The second-order valence-electron chi connectivity index (χ2n) is 6.26. The normalized spacial score (nSPS) is 20.1. The molecule has 1 aliphatic rings. The molecule has 1 unspecified atom stereocenters. The fourth-order valence-electron chi connectivity index (χ4n) is 2.43. The maximum atomic E-state index is 4.55. The van der Waals surface area contributed by atoms with Crippen LogP contribution in [0.5, 0.6) is 0 Å². The Labute approximate surface area is 105 Å². The number of rotatable bonds is 3. The summed E-state index contributed by atoms with van der Waals surface area (Å²) < 4.78 is 0. The van der Waals surface area contributed by atoms with Crippen molar-refractivity contribution in [1.82, 2.24) is 10.3 Å². The molecule has 2 heteroatoms. The summed E-state index contributed by atoms with van der Waals surface area (Å²) in [5, 5.41) is 3.67. The first kappa shape index (κ1) is 12.6. The van der Waals surface area contributed by atoms with Crippen molar-refractivity contribution in [3.05, 3.63) is 29.6 Å². The van der Waals surface area contributed by atoms with E-state index in [1.807, 2.05) is 6.20 Å². The number of aryl methyl sites for hydroxylation is 1. The van der Waals surface area contributed by atoms with Crippen molar-refractivity contribution in [3.63, 3.8) is 0 Å². The van der Waals surface area contributed by atoms with E-state index in [2.05, 4.69) is 43.2 Å². The van der Waals surface area contributed by atoms with E-state index in [0.717, 1.165) is 6.54 Å². The molecule has 1 aliphatic carbocycles. The van der Waals surface area contributed by atoms with Gasteiger partial charge in [0.2, 0.25) is 0 Å². The molecule has 1 atom stereocenters. The molecule has 0 fully saturated rings. The van der Waals surface area contributed by atoms with Crippen LogP contribution in [0, 0.1) is 5.41 Å². The molecule has 0 bridgehead atoms. The van der Waals surface area contributed by atoms with Crippen molar-refractivity contribution < 1.29 is 0 Å². The average Bonchev–Trinajstić information content (AvgIpc) is 2.28. The molecule has 0 amide bonds. The lowest BCUT2D eigenvalue weighted by Gasteiger charge is -2.27. The van der Waals surface area contributed by atoms with Gasteiger partial charge in [-0.05, 0) is 49.3 Å². The Morgan fingerprint density at radius 1 is 1.41 bits per heavy atom. The van der Waals surface area contributed by atoms with Crippen LogP contribution in [-0.4, -0.2) is 11.5 Å². The van der Waals surface area contributed by atoms with E-state index in [9.17, 15) is 0 Å². The molecule has 94 valence electrons. The number of hydrogen-bond donors (Lipinski definition) is 1. The second-order valence-corrected chi connectivity index (χ2v) is 6.26. The summed E-state index contributed by atoms with van der Waals surface area (Å²) in [4.78, 5) is 4.55. The van der Waals surface area contributed by atoms with Crippen molar-refractivity contribution in [2.45, 2.75) is 52.5 Å². The van der Waals surface area contributed by atoms with Gasteiger partial charge in [-0.3, -0.25) is 4.98 Å². The molecule has 0 saturated carbocycles. The maximum absolute atomic E-state index is 4.55. The van der Waals surface area contributed by atoms with Crippen molar-refractivity contribution >= 4 is 0 Å². The van der Waals surface area contributed by atoms with Crippen LogP contribution in [0.15, 0.2) is 18.3 Å². The molecule has 1 aromatic rings. The van der Waals surface area contributed by atoms with E-state index in [1.165, 1.54) is 36.9 Å². The standard InChI is InChI=1S/C15H24N2/c1-15(2,3)9-11-16-13-8-4-6-12-7-5-10-17-14(12)13/h5,7,10,13,16H,4,6,8-9,11H2,1-3H3. The van der Waals surface area contributed by atoms with Gasteiger partial charge in [-0.2, -0.15) is 0 Å². The molecule has 1 heterocycles. The molecule has 1 N–H and O–H groups in total. The minimum Gasteiger partial charge on any atom is -0.309 e. The lowest BCUT2D eigenvalue weighted by molar-refractivity contribution is 0.343. The highest BCUT2D eigenvalue weighted by atomic mass is 14.9. The molecule has 17 heavy (non-hydrogen) atoms. The number of aromatic nitrogens is 1. The summed E-state index contributed by atoms with van der Waals surface area (Å²) >= 11 is 0. The van der Waals surface area contributed by atoms with Crippen molar-refractivity contribution in [3.8, 4) is 0 Å². The fraction of sp³-hybridized carbons (Fsp3) is 0.667. The van der Waals surface area contributed by atoms with Gasteiger partial charge >= 0.3 is 0 Å². The molecule has 0 radical (unpaired) electrons. The average molecular weight is 232 g/mol. The largest absolute Gasteiger partial charge is 0.309 e. The van der Waals surface area contributed by atoms with Gasteiger partial charge in [0.1, 0.15) is 0 Å². The van der Waals surface area contributed by atoms with E-state index in [4.69, 9.17) is 0 Å². The SMILES string of the molecule is CC(C)(C)CCNC1CCCc2cccnc21. The highest BCUT2D eigenvalue weighted by molar-refractivity contribution is 5.25. The molecule has 0 aromatic carbocycles. The highest BCUT2D eigenvalue weighted by Crippen LogP contribution is 2.28. The summed E-state index contributed by atoms with van der Waals surface area (Å²) in [6.45, 7) is 7.97. The topological polar surface area (TPSA) is 24.9 Å². The van der Waals surface area contributed by atoms with E-state index in [1.54, 1.807) is 0 Å². The Morgan fingerprint density at radius 3 is 3.00 bits per heavy atom. The fourth-order valence-corrected chi connectivity index (χ4v) is 2.43. The quantitative estimate of drug-likeness (QED) is 0.863. The molecular weight excluding hydrogens is 208 g/mol. The van der Waals surface area contributed by atoms with Crippen LogP contribution in [0.1, 0.15) is 57.3 Å². The zero-order valence-electron chi connectivity index (χ0n) is 11.3. The van der Waals surface area contributed by atoms with Gasteiger partial charge in [0.05, 0.1) is 5.69 Å². The minimum absolute atomic E-state index is 0.411. The van der Waals surface area contributed by atoms with E-state index >= 15 is 0 Å². The van der Waals surface area contributed by atoms with Crippen LogP contribution < -0.4 is 5.32 Å². The summed E-state index contributed by atoms with van der Waals surface area (Å²) in [6.07, 6.45) is 6.84. The lowest BCUT2D eigenvalue weighted by atomic mass is 9.90. The monoisotopic (exact) mass is 232 g/mol. The van der Waals surface area contributed by atoms with Crippen LogP contribution in [0.25, 0.3) is 0 Å². The first-order valence-corrected chi connectivity index (χ1v) is 6.73. The Kier molecular flexibility index (Phi) is 3.82. The van der Waals surface area contributed by atoms with Crippen LogP contribution >= 0.6 is 0 Å². The van der Waals surface area contributed by atoms with Gasteiger partial charge in [0, 0.05) is 12.2 Å². The first-order chi connectivity index (χ1) is 8.06. The third-order valence-corrected chi connectivity index (χ3v) is 3.46. The van der Waals surface area contributed by atoms with Gasteiger partial charge in [-0.25, -0.2) is 0 Å². The summed E-state index contributed by atoms with van der Waals surface area (Å²) in [5.74, 6) is 0. The van der Waals surface area contributed by atoms with E-state index < -0.39 is 0 Å². The highest BCUT2D eigenvalue weighted by Gasteiger charge is 2.21. The third kappa shape index (κ3) is 3.53. The predicted octanol–water partition coefficient (Wildman–Crippen LogP) is 3.48. The molecule has 0 saturated heterocycles. The predicted molar refractivity (Wildman–Crippen MR) is 72.0 cm³/mol. The second kappa shape index (κ2) is 5.18. The van der Waals surface area contributed by atoms with E-state index in [0.29, 0.717) is 11.5 Å². The van der Waals surface area contributed by atoms with Crippen molar-refractivity contribution in [2.75, 3.05) is 6.54 Å². The molecule has 2 nitrogen and oxygen atoms in total. The smallest absolute Gasteiger partial charge is 0.0605 e. The number of fused-ring (bicyclic) bond motifs is 1. The minimum atomic E-state index is 0.411. The van der Waals surface area contributed by atoms with Gasteiger partial charge < -0.3 is 5.32 Å². The molecular formula is C15H24N2. The number of nitrogens with zero attached hydrogens (tertiary/aromatic N) is 1.